The number of aryl methyl sites for hydroxylation is 1. The van der Waals surface area contributed by atoms with Gasteiger partial charge in [-0.3, -0.25) is 9.59 Å². The predicted molar refractivity (Wildman–Crippen MR) is 94.3 cm³/mol. The van der Waals surface area contributed by atoms with Gasteiger partial charge in [-0.05, 0) is 50.5 Å². The zero-order valence-electron chi connectivity index (χ0n) is 14.7. The number of hydrogen-bond acceptors (Lipinski definition) is 3. The molecule has 1 atom stereocenters. The van der Waals surface area contributed by atoms with Crippen molar-refractivity contribution in [1.29, 1.82) is 0 Å². The van der Waals surface area contributed by atoms with Crippen LogP contribution in [0.15, 0.2) is 18.2 Å². The van der Waals surface area contributed by atoms with Crippen molar-refractivity contribution in [3.63, 3.8) is 0 Å². The largest absolute Gasteiger partial charge is 0.481 e. The summed E-state index contributed by atoms with van der Waals surface area (Å²) < 4.78 is 5.75. The van der Waals surface area contributed by atoms with Crippen molar-refractivity contribution >= 4 is 23.4 Å². The van der Waals surface area contributed by atoms with E-state index < -0.39 is 6.10 Å². The fourth-order valence-corrected chi connectivity index (χ4v) is 3.03. The maximum absolute atomic E-state index is 12.5. The van der Waals surface area contributed by atoms with Gasteiger partial charge in [-0.1, -0.05) is 11.6 Å². The molecule has 1 saturated heterocycles. The molecule has 0 spiro atoms. The average Bonchev–Trinajstić information content (AvgIpc) is 2.56. The number of ether oxygens (including phenoxy) is 1. The van der Waals surface area contributed by atoms with E-state index in [0.29, 0.717) is 36.7 Å². The van der Waals surface area contributed by atoms with Crippen molar-refractivity contribution in [3.8, 4) is 5.75 Å². The van der Waals surface area contributed by atoms with Crippen LogP contribution in [0.3, 0.4) is 0 Å². The van der Waals surface area contributed by atoms with Gasteiger partial charge >= 0.3 is 0 Å². The highest BCUT2D eigenvalue weighted by Gasteiger charge is 2.30. The number of rotatable bonds is 4. The molecule has 24 heavy (non-hydrogen) atoms. The molecule has 0 aliphatic carbocycles. The molecule has 1 aromatic carbocycles. The fourth-order valence-electron chi connectivity index (χ4n) is 2.91. The summed E-state index contributed by atoms with van der Waals surface area (Å²) in [5, 5.41) is 0.675. The molecule has 1 heterocycles. The maximum Gasteiger partial charge on any atom is 0.263 e. The standard InChI is InChI=1S/C18H25ClN2O3/c1-12-11-15(5-6-16(12)19)24-13(2)17(22)21-9-7-14(8-10-21)18(23)20(3)4/h5-6,11,13-14H,7-10H2,1-4H3. The van der Waals surface area contributed by atoms with Crippen LogP contribution in [0.5, 0.6) is 5.75 Å². The monoisotopic (exact) mass is 352 g/mol. The van der Waals surface area contributed by atoms with Crippen LogP contribution in [-0.4, -0.2) is 54.9 Å². The highest BCUT2D eigenvalue weighted by Crippen LogP contribution is 2.23. The van der Waals surface area contributed by atoms with Crippen molar-refractivity contribution in [2.75, 3.05) is 27.2 Å². The van der Waals surface area contributed by atoms with Crippen molar-refractivity contribution in [3.05, 3.63) is 28.8 Å². The highest BCUT2D eigenvalue weighted by molar-refractivity contribution is 6.31. The first-order chi connectivity index (χ1) is 11.3. The lowest BCUT2D eigenvalue weighted by Crippen LogP contribution is -2.47. The molecule has 1 aliphatic rings. The average molecular weight is 353 g/mol. The number of benzene rings is 1. The van der Waals surface area contributed by atoms with Crippen LogP contribution in [-0.2, 0) is 9.59 Å². The first-order valence-corrected chi connectivity index (χ1v) is 8.60. The second-order valence-corrected chi connectivity index (χ2v) is 6.91. The molecule has 0 N–H and O–H groups in total. The van der Waals surface area contributed by atoms with Crippen LogP contribution in [0.4, 0.5) is 0 Å². The smallest absolute Gasteiger partial charge is 0.263 e. The minimum atomic E-state index is -0.563. The summed E-state index contributed by atoms with van der Waals surface area (Å²) in [6.45, 7) is 4.84. The number of nitrogens with zero attached hydrogens (tertiary/aromatic N) is 2. The molecule has 2 rings (SSSR count). The predicted octanol–water partition coefficient (Wildman–Crippen LogP) is 2.74. The van der Waals surface area contributed by atoms with E-state index in [9.17, 15) is 9.59 Å². The Hall–Kier alpha value is -1.75. The van der Waals surface area contributed by atoms with Gasteiger partial charge in [0, 0.05) is 38.1 Å². The summed E-state index contributed by atoms with van der Waals surface area (Å²) in [6, 6.07) is 5.36. The van der Waals surface area contributed by atoms with Gasteiger partial charge < -0.3 is 14.5 Å². The van der Waals surface area contributed by atoms with Crippen LogP contribution in [0, 0.1) is 12.8 Å². The third kappa shape index (κ3) is 4.41. The van der Waals surface area contributed by atoms with Crippen LogP contribution in [0.1, 0.15) is 25.3 Å². The first kappa shape index (κ1) is 18.6. The molecule has 0 radical (unpaired) electrons. The van der Waals surface area contributed by atoms with E-state index in [4.69, 9.17) is 16.3 Å². The Labute approximate surface area is 148 Å². The van der Waals surface area contributed by atoms with E-state index in [0.717, 1.165) is 5.56 Å². The summed E-state index contributed by atoms with van der Waals surface area (Å²) in [4.78, 5) is 27.9. The third-order valence-corrected chi connectivity index (χ3v) is 4.81. The minimum Gasteiger partial charge on any atom is -0.481 e. The Morgan fingerprint density at radius 1 is 1.29 bits per heavy atom. The number of amides is 2. The lowest BCUT2D eigenvalue weighted by atomic mass is 9.95. The second-order valence-electron chi connectivity index (χ2n) is 6.50. The van der Waals surface area contributed by atoms with E-state index in [2.05, 4.69) is 0 Å². The summed E-state index contributed by atoms with van der Waals surface area (Å²) in [6.07, 6.45) is 0.845. The zero-order chi connectivity index (χ0) is 17.9. The van der Waals surface area contributed by atoms with Crippen molar-refractivity contribution in [1.82, 2.24) is 9.80 Å². The molecule has 1 fully saturated rings. The maximum atomic E-state index is 12.5. The molecule has 5 nitrogen and oxygen atoms in total. The first-order valence-electron chi connectivity index (χ1n) is 8.22. The number of carbonyl (C=O) groups excluding carboxylic acids is 2. The SMILES string of the molecule is Cc1cc(OC(C)C(=O)N2CCC(C(=O)N(C)C)CC2)ccc1Cl. The van der Waals surface area contributed by atoms with Crippen molar-refractivity contribution in [2.24, 2.45) is 5.92 Å². The van der Waals surface area contributed by atoms with E-state index in [1.807, 2.05) is 13.0 Å². The number of likely N-dealkylation sites (tertiary alicyclic amines) is 1. The van der Waals surface area contributed by atoms with E-state index in [1.54, 1.807) is 43.0 Å². The van der Waals surface area contributed by atoms with Gasteiger partial charge in [-0.15, -0.1) is 0 Å². The van der Waals surface area contributed by atoms with Crippen LogP contribution in [0.25, 0.3) is 0 Å². The topological polar surface area (TPSA) is 49.9 Å². The van der Waals surface area contributed by atoms with Crippen LogP contribution in [0.2, 0.25) is 5.02 Å². The Morgan fingerprint density at radius 2 is 1.92 bits per heavy atom. The fraction of sp³-hybridized carbons (Fsp3) is 0.556. The summed E-state index contributed by atoms with van der Waals surface area (Å²) in [5.74, 6) is 0.746. The van der Waals surface area contributed by atoms with Crippen molar-refractivity contribution in [2.45, 2.75) is 32.8 Å². The number of hydrogen-bond donors (Lipinski definition) is 0. The Kier molecular flexibility index (Phi) is 6.10. The Morgan fingerprint density at radius 3 is 2.46 bits per heavy atom. The molecule has 1 aliphatic heterocycles. The van der Waals surface area contributed by atoms with Gasteiger partial charge in [0.2, 0.25) is 5.91 Å². The Balaban J connectivity index is 1.90. The minimum absolute atomic E-state index is 0.0131. The number of carbonyl (C=O) groups is 2. The molecular formula is C18H25ClN2O3. The lowest BCUT2D eigenvalue weighted by molar-refractivity contribution is -0.142. The quantitative estimate of drug-likeness (QED) is 0.837. The number of halogens is 1. The summed E-state index contributed by atoms with van der Waals surface area (Å²) >= 11 is 6.00. The van der Waals surface area contributed by atoms with E-state index >= 15 is 0 Å². The highest BCUT2D eigenvalue weighted by atomic mass is 35.5. The molecule has 0 aromatic heterocycles. The Bertz CT molecular complexity index is 610. The van der Waals surface area contributed by atoms with Gasteiger partial charge in [-0.25, -0.2) is 0 Å². The van der Waals surface area contributed by atoms with Crippen molar-refractivity contribution < 1.29 is 14.3 Å². The third-order valence-electron chi connectivity index (χ3n) is 4.39. The summed E-state index contributed by atoms with van der Waals surface area (Å²) in [7, 11) is 3.54. The van der Waals surface area contributed by atoms with E-state index in [1.165, 1.54) is 0 Å². The van der Waals surface area contributed by atoms with Gasteiger partial charge in [0.15, 0.2) is 6.10 Å². The van der Waals surface area contributed by atoms with Crippen LogP contribution >= 0.6 is 11.6 Å². The van der Waals surface area contributed by atoms with E-state index in [-0.39, 0.29) is 17.7 Å². The second kappa shape index (κ2) is 7.88. The molecule has 132 valence electrons. The lowest BCUT2D eigenvalue weighted by Gasteiger charge is -2.33. The normalized spacial score (nSPS) is 16.6. The molecule has 1 aromatic rings. The molecule has 0 saturated carbocycles. The molecule has 0 bridgehead atoms. The number of piperidine rings is 1. The van der Waals surface area contributed by atoms with Crippen LogP contribution < -0.4 is 4.74 Å². The van der Waals surface area contributed by atoms with Gasteiger partial charge in [0.1, 0.15) is 5.75 Å². The molecular weight excluding hydrogens is 328 g/mol. The molecule has 1 unspecified atom stereocenters. The van der Waals surface area contributed by atoms with Gasteiger partial charge in [-0.2, -0.15) is 0 Å². The molecule has 6 heteroatoms. The zero-order valence-corrected chi connectivity index (χ0v) is 15.5. The van der Waals surface area contributed by atoms with Gasteiger partial charge in [0.05, 0.1) is 0 Å². The summed E-state index contributed by atoms with van der Waals surface area (Å²) in [5.41, 5.74) is 0.914. The van der Waals surface area contributed by atoms with Gasteiger partial charge in [0.25, 0.3) is 5.91 Å². The molecule has 2 amide bonds.